The standard InChI is InChI=1S/C13H13F3O2/c1-3-7(2)12(17)11(16)13(18)10-8(14)5-4-6-9(10)15/h4-7,11H,3H2,1-2H3. The Balaban J connectivity index is 3.04. The van der Waals surface area contributed by atoms with Gasteiger partial charge in [0.15, 0.2) is 5.78 Å². The first-order chi connectivity index (χ1) is 8.40. The van der Waals surface area contributed by atoms with Gasteiger partial charge in [0.2, 0.25) is 12.0 Å². The van der Waals surface area contributed by atoms with E-state index in [1.54, 1.807) is 6.92 Å². The largest absolute Gasteiger partial charge is 0.296 e. The number of benzene rings is 1. The molecule has 0 fully saturated rings. The van der Waals surface area contributed by atoms with Crippen LogP contribution in [0.15, 0.2) is 18.2 Å². The van der Waals surface area contributed by atoms with Gasteiger partial charge < -0.3 is 0 Å². The zero-order chi connectivity index (χ0) is 13.9. The van der Waals surface area contributed by atoms with Crippen molar-refractivity contribution in [3.05, 3.63) is 35.4 Å². The zero-order valence-electron chi connectivity index (χ0n) is 10.0. The average molecular weight is 258 g/mol. The lowest BCUT2D eigenvalue weighted by molar-refractivity contribution is -0.125. The number of carbonyl (C=O) groups is 2. The van der Waals surface area contributed by atoms with Crippen LogP contribution in [0, 0.1) is 17.6 Å². The van der Waals surface area contributed by atoms with Crippen LogP contribution in [0.4, 0.5) is 13.2 Å². The van der Waals surface area contributed by atoms with Crippen molar-refractivity contribution in [1.82, 2.24) is 0 Å². The summed E-state index contributed by atoms with van der Waals surface area (Å²) in [6, 6.07) is 2.75. The van der Waals surface area contributed by atoms with Crippen LogP contribution in [-0.2, 0) is 4.79 Å². The molecule has 0 N–H and O–H groups in total. The molecule has 1 aromatic rings. The molecule has 0 spiro atoms. The van der Waals surface area contributed by atoms with Crippen LogP contribution >= 0.6 is 0 Å². The van der Waals surface area contributed by atoms with Gasteiger partial charge in [0.05, 0.1) is 5.56 Å². The Kier molecular flexibility index (Phi) is 4.64. The number of alkyl halides is 1. The summed E-state index contributed by atoms with van der Waals surface area (Å²) in [6.45, 7) is 3.11. The van der Waals surface area contributed by atoms with Gasteiger partial charge in [-0.1, -0.05) is 19.9 Å². The normalized spacial score (nSPS) is 14.1. The van der Waals surface area contributed by atoms with Crippen molar-refractivity contribution in [3.63, 3.8) is 0 Å². The van der Waals surface area contributed by atoms with E-state index in [1.807, 2.05) is 0 Å². The zero-order valence-corrected chi connectivity index (χ0v) is 10.0. The Labute approximate surface area is 103 Å². The Hall–Kier alpha value is -1.65. The molecule has 1 rings (SSSR count). The van der Waals surface area contributed by atoms with Crippen LogP contribution in [0.3, 0.4) is 0 Å². The molecule has 18 heavy (non-hydrogen) atoms. The second kappa shape index (κ2) is 5.80. The van der Waals surface area contributed by atoms with Crippen LogP contribution in [-0.4, -0.2) is 17.7 Å². The third kappa shape index (κ3) is 2.78. The van der Waals surface area contributed by atoms with Gasteiger partial charge in [-0.25, -0.2) is 13.2 Å². The van der Waals surface area contributed by atoms with E-state index in [0.29, 0.717) is 6.42 Å². The van der Waals surface area contributed by atoms with Crippen molar-refractivity contribution in [2.75, 3.05) is 0 Å². The number of carbonyl (C=O) groups excluding carboxylic acids is 2. The molecule has 0 aliphatic carbocycles. The Morgan fingerprint density at radius 2 is 1.72 bits per heavy atom. The van der Waals surface area contributed by atoms with Gasteiger partial charge in [-0.05, 0) is 18.6 Å². The number of hydrogen-bond acceptors (Lipinski definition) is 2. The maximum Gasteiger partial charge on any atom is 0.221 e. The Bertz CT molecular complexity index is 451. The van der Waals surface area contributed by atoms with Crippen LogP contribution in [0.5, 0.6) is 0 Å². The summed E-state index contributed by atoms with van der Waals surface area (Å²) in [4.78, 5) is 23.0. The van der Waals surface area contributed by atoms with E-state index in [-0.39, 0.29) is 0 Å². The molecule has 0 aliphatic rings. The van der Waals surface area contributed by atoms with Crippen molar-refractivity contribution in [1.29, 1.82) is 0 Å². The lowest BCUT2D eigenvalue weighted by Gasteiger charge is -2.11. The summed E-state index contributed by atoms with van der Waals surface area (Å²) in [7, 11) is 0. The lowest BCUT2D eigenvalue weighted by atomic mass is 9.95. The molecule has 0 saturated carbocycles. The van der Waals surface area contributed by atoms with Gasteiger partial charge in [-0.3, -0.25) is 9.59 Å². The van der Waals surface area contributed by atoms with Crippen LogP contribution in [0.25, 0.3) is 0 Å². The highest BCUT2D eigenvalue weighted by Crippen LogP contribution is 2.18. The van der Waals surface area contributed by atoms with Crippen molar-refractivity contribution >= 4 is 11.6 Å². The van der Waals surface area contributed by atoms with E-state index in [0.717, 1.165) is 18.2 Å². The molecular formula is C13H13F3O2. The molecule has 2 atom stereocenters. The van der Waals surface area contributed by atoms with Crippen molar-refractivity contribution < 1.29 is 22.8 Å². The maximum atomic E-state index is 13.6. The quantitative estimate of drug-likeness (QED) is 0.600. The van der Waals surface area contributed by atoms with E-state index in [4.69, 9.17) is 0 Å². The van der Waals surface area contributed by atoms with E-state index < -0.39 is 40.9 Å². The maximum absolute atomic E-state index is 13.6. The molecule has 0 bridgehead atoms. The van der Waals surface area contributed by atoms with Gasteiger partial charge >= 0.3 is 0 Å². The highest BCUT2D eigenvalue weighted by molar-refractivity contribution is 6.13. The summed E-state index contributed by atoms with van der Waals surface area (Å²) in [5.41, 5.74) is -0.998. The minimum atomic E-state index is -2.52. The topological polar surface area (TPSA) is 34.1 Å². The number of rotatable bonds is 5. The second-order valence-corrected chi connectivity index (χ2v) is 4.04. The minimum absolute atomic E-state index is 0.353. The van der Waals surface area contributed by atoms with Gasteiger partial charge in [0.1, 0.15) is 11.6 Å². The molecule has 0 aliphatic heterocycles. The second-order valence-electron chi connectivity index (χ2n) is 4.04. The number of Topliss-reactive ketones (excluding diaryl/α,β-unsaturated/α-hetero) is 2. The third-order valence-corrected chi connectivity index (χ3v) is 2.79. The summed E-state index contributed by atoms with van der Waals surface area (Å²) < 4.78 is 40.2. The predicted octanol–water partition coefficient (Wildman–Crippen LogP) is 3.10. The lowest BCUT2D eigenvalue weighted by Crippen LogP contribution is -2.31. The number of halogens is 3. The van der Waals surface area contributed by atoms with Crippen LogP contribution < -0.4 is 0 Å². The molecule has 2 unspecified atom stereocenters. The fraction of sp³-hybridized carbons (Fsp3) is 0.385. The molecule has 0 heterocycles. The molecular weight excluding hydrogens is 245 g/mol. The summed E-state index contributed by atoms with van der Waals surface area (Å²) in [5.74, 6) is -5.42. The molecule has 5 heteroatoms. The monoisotopic (exact) mass is 258 g/mol. The summed E-state index contributed by atoms with van der Waals surface area (Å²) in [5, 5.41) is 0. The SMILES string of the molecule is CCC(C)C(=O)C(F)C(=O)c1c(F)cccc1F. The fourth-order valence-electron chi connectivity index (χ4n) is 1.44. The molecule has 0 saturated heterocycles. The summed E-state index contributed by atoms with van der Waals surface area (Å²) >= 11 is 0. The van der Waals surface area contributed by atoms with Gasteiger partial charge in [0.25, 0.3) is 0 Å². The van der Waals surface area contributed by atoms with Crippen molar-refractivity contribution in [2.45, 2.75) is 26.4 Å². The van der Waals surface area contributed by atoms with Crippen LogP contribution in [0.2, 0.25) is 0 Å². The van der Waals surface area contributed by atoms with Gasteiger partial charge in [-0.15, -0.1) is 0 Å². The third-order valence-electron chi connectivity index (χ3n) is 2.79. The predicted molar refractivity (Wildman–Crippen MR) is 60.0 cm³/mol. The Morgan fingerprint density at radius 1 is 1.22 bits per heavy atom. The average Bonchev–Trinajstić information content (AvgIpc) is 2.35. The van der Waals surface area contributed by atoms with E-state index >= 15 is 0 Å². The van der Waals surface area contributed by atoms with Gasteiger partial charge in [-0.2, -0.15) is 0 Å². The number of hydrogen-bond donors (Lipinski definition) is 0. The van der Waals surface area contributed by atoms with Gasteiger partial charge in [0, 0.05) is 5.92 Å². The van der Waals surface area contributed by atoms with E-state index in [9.17, 15) is 22.8 Å². The molecule has 0 radical (unpaired) electrons. The highest BCUT2D eigenvalue weighted by Gasteiger charge is 2.33. The number of ketones is 2. The van der Waals surface area contributed by atoms with Crippen molar-refractivity contribution in [3.8, 4) is 0 Å². The first-order valence-corrected chi connectivity index (χ1v) is 5.56. The molecule has 98 valence electrons. The van der Waals surface area contributed by atoms with Crippen LogP contribution in [0.1, 0.15) is 30.6 Å². The highest BCUT2D eigenvalue weighted by atomic mass is 19.1. The summed E-state index contributed by atoms with van der Waals surface area (Å²) in [6.07, 6.45) is -2.17. The van der Waals surface area contributed by atoms with E-state index in [2.05, 4.69) is 0 Å². The smallest absolute Gasteiger partial charge is 0.221 e. The first kappa shape index (κ1) is 14.4. The molecule has 0 aromatic heterocycles. The fourth-order valence-corrected chi connectivity index (χ4v) is 1.44. The molecule has 0 amide bonds. The van der Waals surface area contributed by atoms with E-state index in [1.165, 1.54) is 6.92 Å². The molecule has 1 aromatic carbocycles. The Morgan fingerprint density at radius 3 is 2.17 bits per heavy atom. The first-order valence-electron chi connectivity index (χ1n) is 5.56. The minimum Gasteiger partial charge on any atom is -0.296 e. The van der Waals surface area contributed by atoms with Crippen molar-refractivity contribution in [2.24, 2.45) is 5.92 Å². The molecule has 2 nitrogen and oxygen atoms in total.